The Morgan fingerprint density at radius 1 is 1.10 bits per heavy atom. The van der Waals surface area contributed by atoms with Gasteiger partial charge in [0.2, 0.25) is 0 Å². The van der Waals surface area contributed by atoms with Gasteiger partial charge >= 0.3 is 12.1 Å². The predicted octanol–water partition coefficient (Wildman–Crippen LogP) is 4.90. The molecule has 1 atom stereocenters. The van der Waals surface area contributed by atoms with Crippen molar-refractivity contribution in [3.8, 4) is 11.1 Å². The number of carbonyl (C=O) groups is 2. The van der Waals surface area contributed by atoms with E-state index in [0.29, 0.717) is 5.75 Å². The maximum absolute atomic E-state index is 12.8. The first-order valence-electron chi connectivity index (χ1n) is 10.3. The monoisotopic (exact) mass is 425 g/mol. The minimum absolute atomic E-state index is 0.0210. The molecular formula is C24H27NO4S. The molecule has 2 N–H and O–H groups in total. The smallest absolute Gasteiger partial charge is 0.407 e. The number of carboxylic acids is 1. The Bertz CT molecular complexity index is 928. The largest absolute Gasteiger partial charge is 0.481 e. The summed E-state index contributed by atoms with van der Waals surface area (Å²) in [7, 11) is 0. The van der Waals surface area contributed by atoms with Gasteiger partial charge in [0.1, 0.15) is 6.61 Å². The van der Waals surface area contributed by atoms with Gasteiger partial charge in [-0.2, -0.15) is 11.8 Å². The Kier molecular flexibility index (Phi) is 5.53. The van der Waals surface area contributed by atoms with Crippen LogP contribution in [0.5, 0.6) is 0 Å². The summed E-state index contributed by atoms with van der Waals surface area (Å²) in [6.07, 6.45) is 0.180. The Balaban J connectivity index is 1.51. The molecule has 6 heteroatoms. The summed E-state index contributed by atoms with van der Waals surface area (Å²) in [5, 5.41) is 12.5. The van der Waals surface area contributed by atoms with Crippen molar-refractivity contribution < 1.29 is 19.4 Å². The van der Waals surface area contributed by atoms with Crippen molar-refractivity contribution in [2.75, 3.05) is 18.1 Å². The van der Waals surface area contributed by atoms with Crippen molar-refractivity contribution in [1.29, 1.82) is 0 Å². The normalized spacial score (nSPS) is 22.1. The number of fused-ring (bicyclic) bond motifs is 3. The van der Waals surface area contributed by atoms with Gasteiger partial charge in [0.15, 0.2) is 0 Å². The van der Waals surface area contributed by atoms with Crippen LogP contribution in [0, 0.1) is 5.41 Å². The van der Waals surface area contributed by atoms with E-state index in [9.17, 15) is 14.7 Å². The van der Waals surface area contributed by atoms with Crippen LogP contribution in [0.25, 0.3) is 11.1 Å². The van der Waals surface area contributed by atoms with E-state index in [2.05, 4.69) is 29.6 Å². The van der Waals surface area contributed by atoms with Gasteiger partial charge in [0, 0.05) is 11.7 Å². The van der Waals surface area contributed by atoms with Gasteiger partial charge in [-0.25, -0.2) is 4.79 Å². The van der Waals surface area contributed by atoms with Gasteiger partial charge in [0.05, 0.1) is 12.0 Å². The Morgan fingerprint density at radius 3 is 2.27 bits per heavy atom. The predicted molar refractivity (Wildman–Crippen MR) is 119 cm³/mol. The molecule has 1 aliphatic carbocycles. The van der Waals surface area contributed by atoms with Crippen molar-refractivity contribution >= 4 is 23.8 Å². The van der Waals surface area contributed by atoms with Crippen molar-refractivity contribution in [3.63, 3.8) is 0 Å². The molecule has 2 aromatic carbocycles. The molecular weight excluding hydrogens is 398 g/mol. The molecule has 1 saturated heterocycles. The Labute approximate surface area is 181 Å². The van der Waals surface area contributed by atoms with Crippen LogP contribution in [-0.4, -0.2) is 40.8 Å². The third-order valence-electron chi connectivity index (χ3n) is 6.65. The number of hydrogen-bond donors (Lipinski definition) is 2. The lowest BCUT2D eigenvalue weighted by Gasteiger charge is -2.49. The number of amides is 1. The number of benzene rings is 2. The molecule has 1 amide bonds. The maximum atomic E-state index is 12.8. The molecule has 158 valence electrons. The highest BCUT2D eigenvalue weighted by Crippen LogP contribution is 2.46. The van der Waals surface area contributed by atoms with Gasteiger partial charge in [-0.05, 0) is 39.8 Å². The molecule has 30 heavy (non-hydrogen) atoms. The van der Waals surface area contributed by atoms with Crippen LogP contribution in [0.15, 0.2) is 48.5 Å². The topological polar surface area (TPSA) is 75.6 Å². The standard InChI is InChI=1S/C24H27NO4S/c1-23(2)11-12-30-15-24(23,13-21(26)27)25-22(28)29-14-20-18-9-5-3-7-16(18)17-8-4-6-10-19(17)20/h3-10,20H,11-15H2,1-2H3,(H,25,28)(H,26,27). The van der Waals surface area contributed by atoms with E-state index in [4.69, 9.17) is 4.74 Å². The molecule has 2 aromatic rings. The van der Waals surface area contributed by atoms with Crippen molar-refractivity contribution in [2.24, 2.45) is 5.41 Å². The summed E-state index contributed by atoms with van der Waals surface area (Å²) < 4.78 is 5.69. The molecule has 0 radical (unpaired) electrons. The first-order valence-corrected chi connectivity index (χ1v) is 11.4. The number of thioether (sulfide) groups is 1. The summed E-state index contributed by atoms with van der Waals surface area (Å²) in [5.41, 5.74) is 3.50. The van der Waals surface area contributed by atoms with E-state index >= 15 is 0 Å². The molecule has 0 aromatic heterocycles. The number of nitrogens with one attached hydrogen (secondary N) is 1. The van der Waals surface area contributed by atoms with E-state index in [1.54, 1.807) is 11.8 Å². The molecule has 1 fully saturated rings. The number of hydrogen-bond acceptors (Lipinski definition) is 4. The fourth-order valence-corrected chi connectivity index (χ4v) is 6.35. The van der Waals surface area contributed by atoms with Crippen LogP contribution in [0.3, 0.4) is 0 Å². The zero-order chi connectivity index (χ0) is 21.4. The molecule has 2 aliphatic rings. The van der Waals surface area contributed by atoms with E-state index in [1.807, 2.05) is 38.1 Å². The average molecular weight is 426 g/mol. The molecule has 1 aliphatic heterocycles. The summed E-state index contributed by atoms with van der Waals surface area (Å²) in [5.74, 6) is 0.592. The van der Waals surface area contributed by atoms with Crippen LogP contribution < -0.4 is 5.32 Å². The van der Waals surface area contributed by atoms with E-state index in [1.165, 1.54) is 11.1 Å². The molecule has 1 unspecified atom stereocenters. The molecule has 5 nitrogen and oxygen atoms in total. The Hall–Kier alpha value is -2.47. The first-order chi connectivity index (χ1) is 14.3. The zero-order valence-corrected chi connectivity index (χ0v) is 18.1. The average Bonchev–Trinajstić information content (AvgIpc) is 3.02. The van der Waals surface area contributed by atoms with E-state index < -0.39 is 17.6 Å². The van der Waals surface area contributed by atoms with Crippen LogP contribution in [0.2, 0.25) is 0 Å². The lowest BCUT2D eigenvalue weighted by molar-refractivity contribution is -0.139. The van der Waals surface area contributed by atoms with Crippen LogP contribution in [-0.2, 0) is 9.53 Å². The number of carbonyl (C=O) groups excluding carboxylic acids is 1. The number of aliphatic carboxylic acids is 1. The highest BCUT2D eigenvalue weighted by Gasteiger charge is 2.50. The summed E-state index contributed by atoms with van der Waals surface area (Å²) in [4.78, 5) is 24.4. The second-order valence-corrected chi connectivity index (χ2v) is 9.89. The van der Waals surface area contributed by atoms with Crippen LogP contribution in [0.4, 0.5) is 4.79 Å². The zero-order valence-electron chi connectivity index (χ0n) is 17.3. The second kappa shape index (κ2) is 7.99. The first kappa shape index (κ1) is 20.8. The minimum Gasteiger partial charge on any atom is -0.481 e. The van der Waals surface area contributed by atoms with Gasteiger partial charge in [-0.15, -0.1) is 0 Å². The highest BCUT2D eigenvalue weighted by atomic mass is 32.2. The van der Waals surface area contributed by atoms with Gasteiger partial charge < -0.3 is 15.2 Å². The van der Waals surface area contributed by atoms with Crippen molar-refractivity contribution in [1.82, 2.24) is 5.32 Å². The molecule has 1 heterocycles. The van der Waals surface area contributed by atoms with Gasteiger partial charge in [-0.1, -0.05) is 62.4 Å². The summed E-state index contributed by atoms with van der Waals surface area (Å²) in [6.45, 7) is 4.27. The number of rotatable bonds is 5. The Morgan fingerprint density at radius 2 is 1.70 bits per heavy atom. The maximum Gasteiger partial charge on any atom is 0.407 e. The van der Waals surface area contributed by atoms with Gasteiger partial charge in [0.25, 0.3) is 0 Å². The quantitative estimate of drug-likeness (QED) is 0.712. The summed E-state index contributed by atoms with van der Waals surface area (Å²) >= 11 is 1.68. The van der Waals surface area contributed by atoms with Crippen LogP contribution >= 0.6 is 11.8 Å². The fourth-order valence-electron chi connectivity index (χ4n) is 4.64. The van der Waals surface area contributed by atoms with Crippen LogP contribution in [0.1, 0.15) is 43.7 Å². The number of alkyl carbamates (subject to hydrolysis) is 1. The highest BCUT2D eigenvalue weighted by molar-refractivity contribution is 7.99. The second-order valence-electron chi connectivity index (χ2n) is 8.79. The van der Waals surface area contributed by atoms with E-state index in [-0.39, 0.29) is 24.4 Å². The van der Waals surface area contributed by atoms with E-state index in [0.717, 1.165) is 23.3 Å². The summed E-state index contributed by atoms with van der Waals surface area (Å²) in [6, 6.07) is 16.4. The SMILES string of the molecule is CC1(C)CCSCC1(CC(=O)O)NC(=O)OCC1c2ccccc2-c2ccccc21. The molecule has 0 spiro atoms. The third-order valence-corrected chi connectivity index (χ3v) is 7.84. The molecule has 0 bridgehead atoms. The number of carboxylic acid groups (broad SMARTS) is 1. The lowest BCUT2D eigenvalue weighted by Crippen LogP contribution is -2.62. The third kappa shape index (κ3) is 3.69. The fraction of sp³-hybridized carbons (Fsp3) is 0.417. The molecule has 0 saturated carbocycles. The van der Waals surface area contributed by atoms with Crippen molar-refractivity contribution in [3.05, 3.63) is 59.7 Å². The van der Waals surface area contributed by atoms with Gasteiger partial charge in [-0.3, -0.25) is 4.79 Å². The van der Waals surface area contributed by atoms with Crippen molar-refractivity contribution in [2.45, 2.75) is 38.1 Å². The molecule has 4 rings (SSSR count). The number of ether oxygens (including phenoxy) is 1. The lowest BCUT2D eigenvalue weighted by atomic mass is 9.69. The minimum atomic E-state index is -0.912.